The van der Waals surface area contributed by atoms with Gasteiger partial charge < -0.3 is 10.2 Å². The molecule has 1 saturated carbocycles. The van der Waals surface area contributed by atoms with Gasteiger partial charge in [0.1, 0.15) is 16.8 Å². The first-order valence-electron chi connectivity index (χ1n) is 7.08. The van der Waals surface area contributed by atoms with E-state index in [1.807, 2.05) is 0 Å². The van der Waals surface area contributed by atoms with Crippen LogP contribution in [0.4, 0.5) is 5.82 Å². The number of hydrogen-bond acceptors (Lipinski definition) is 4. The van der Waals surface area contributed by atoms with E-state index >= 15 is 0 Å². The first-order chi connectivity index (χ1) is 9.10. The summed E-state index contributed by atoms with van der Waals surface area (Å²) in [5.74, 6) is 2.27. The standard InChI is InChI=1S/C14H23ClN4/c1-4-10(2)19(3)8-7-16-13-9-12(15)17-14(18-13)11-5-6-11/h9-11H,4-8H2,1-3H3,(H,16,17,18). The first-order valence-corrected chi connectivity index (χ1v) is 7.46. The fourth-order valence-corrected chi connectivity index (χ4v) is 2.13. The molecule has 1 aliphatic rings. The minimum absolute atomic E-state index is 0.530. The molecule has 0 radical (unpaired) electrons. The van der Waals surface area contributed by atoms with Crippen LogP contribution in [-0.2, 0) is 0 Å². The van der Waals surface area contributed by atoms with Crippen molar-refractivity contribution in [3.8, 4) is 0 Å². The molecule has 19 heavy (non-hydrogen) atoms. The van der Waals surface area contributed by atoms with Gasteiger partial charge in [0.05, 0.1) is 0 Å². The van der Waals surface area contributed by atoms with Crippen LogP contribution in [0, 0.1) is 0 Å². The molecule has 1 atom stereocenters. The van der Waals surface area contributed by atoms with Crippen molar-refractivity contribution in [3.63, 3.8) is 0 Å². The molecule has 1 unspecified atom stereocenters. The highest BCUT2D eigenvalue weighted by Gasteiger charge is 2.27. The zero-order valence-electron chi connectivity index (χ0n) is 12.0. The zero-order chi connectivity index (χ0) is 13.8. The molecule has 0 aliphatic heterocycles. The Labute approximate surface area is 120 Å². The highest BCUT2D eigenvalue weighted by Crippen LogP contribution is 2.38. The molecule has 106 valence electrons. The van der Waals surface area contributed by atoms with Gasteiger partial charge in [-0.2, -0.15) is 0 Å². The van der Waals surface area contributed by atoms with Crippen molar-refractivity contribution in [2.75, 3.05) is 25.5 Å². The van der Waals surface area contributed by atoms with Crippen LogP contribution in [0.1, 0.15) is 44.9 Å². The largest absolute Gasteiger partial charge is 0.369 e. The minimum Gasteiger partial charge on any atom is -0.369 e. The number of nitrogens with one attached hydrogen (secondary N) is 1. The van der Waals surface area contributed by atoms with E-state index in [1.165, 1.54) is 19.3 Å². The molecule has 4 nitrogen and oxygen atoms in total. The molecule has 1 fully saturated rings. The van der Waals surface area contributed by atoms with Gasteiger partial charge in [-0.05, 0) is 33.2 Å². The smallest absolute Gasteiger partial charge is 0.135 e. The van der Waals surface area contributed by atoms with Crippen molar-refractivity contribution >= 4 is 17.4 Å². The molecule has 0 aromatic carbocycles. The van der Waals surface area contributed by atoms with Gasteiger partial charge in [0.15, 0.2) is 0 Å². The zero-order valence-corrected chi connectivity index (χ0v) is 12.7. The number of hydrogen-bond donors (Lipinski definition) is 1. The van der Waals surface area contributed by atoms with Gasteiger partial charge in [-0.1, -0.05) is 18.5 Å². The van der Waals surface area contributed by atoms with Crippen molar-refractivity contribution < 1.29 is 0 Å². The number of likely N-dealkylation sites (N-methyl/N-ethyl adjacent to an activating group) is 1. The van der Waals surface area contributed by atoms with Crippen LogP contribution in [0.15, 0.2) is 6.07 Å². The van der Waals surface area contributed by atoms with E-state index in [4.69, 9.17) is 11.6 Å². The average Bonchev–Trinajstić information content (AvgIpc) is 3.21. The maximum atomic E-state index is 6.03. The molecule has 1 heterocycles. The number of nitrogens with zero attached hydrogens (tertiary/aromatic N) is 3. The lowest BCUT2D eigenvalue weighted by molar-refractivity contribution is 0.261. The molecule has 0 spiro atoms. The maximum Gasteiger partial charge on any atom is 0.135 e. The van der Waals surface area contributed by atoms with Crippen molar-refractivity contribution in [2.24, 2.45) is 0 Å². The second-order valence-corrected chi connectivity index (χ2v) is 5.76. The maximum absolute atomic E-state index is 6.03. The molecule has 5 heteroatoms. The summed E-state index contributed by atoms with van der Waals surface area (Å²) in [4.78, 5) is 11.2. The first kappa shape index (κ1) is 14.5. The molecular weight excluding hydrogens is 260 g/mol. The number of halogens is 1. The summed E-state index contributed by atoms with van der Waals surface area (Å²) in [6.45, 7) is 6.32. The molecule has 2 rings (SSSR count). The Morgan fingerprint density at radius 2 is 2.21 bits per heavy atom. The van der Waals surface area contributed by atoms with Gasteiger partial charge >= 0.3 is 0 Å². The van der Waals surface area contributed by atoms with Gasteiger partial charge in [-0.25, -0.2) is 9.97 Å². The Kier molecular flexibility index (Phi) is 4.99. The predicted molar refractivity (Wildman–Crippen MR) is 79.9 cm³/mol. The fourth-order valence-electron chi connectivity index (χ4n) is 1.94. The summed E-state index contributed by atoms with van der Waals surface area (Å²) in [5, 5.41) is 3.88. The Morgan fingerprint density at radius 1 is 1.47 bits per heavy atom. The summed E-state index contributed by atoms with van der Waals surface area (Å²) >= 11 is 6.03. The van der Waals surface area contributed by atoms with Gasteiger partial charge in [-0.15, -0.1) is 0 Å². The Hall–Kier alpha value is -0.870. The molecule has 0 bridgehead atoms. The van der Waals surface area contributed by atoms with Crippen LogP contribution in [0.3, 0.4) is 0 Å². The molecule has 1 aromatic heterocycles. The van der Waals surface area contributed by atoms with Crippen LogP contribution < -0.4 is 5.32 Å². The van der Waals surface area contributed by atoms with Crippen LogP contribution in [0.2, 0.25) is 5.15 Å². The third-order valence-corrected chi connectivity index (χ3v) is 3.96. The summed E-state index contributed by atoms with van der Waals surface area (Å²) in [6.07, 6.45) is 3.55. The third-order valence-electron chi connectivity index (χ3n) is 3.77. The van der Waals surface area contributed by atoms with Gasteiger partial charge in [0.2, 0.25) is 0 Å². The normalized spacial score (nSPS) is 16.7. The highest BCUT2D eigenvalue weighted by molar-refractivity contribution is 6.29. The summed E-state index contributed by atoms with van der Waals surface area (Å²) in [6, 6.07) is 2.41. The lowest BCUT2D eigenvalue weighted by atomic mass is 10.2. The summed E-state index contributed by atoms with van der Waals surface area (Å²) in [5.41, 5.74) is 0. The monoisotopic (exact) mass is 282 g/mol. The molecule has 1 aliphatic carbocycles. The van der Waals surface area contributed by atoms with Gasteiger partial charge in [0, 0.05) is 31.1 Å². The Bertz CT molecular complexity index is 420. The van der Waals surface area contributed by atoms with Crippen LogP contribution in [0.5, 0.6) is 0 Å². The molecule has 1 aromatic rings. The lowest BCUT2D eigenvalue weighted by Crippen LogP contribution is -2.32. The van der Waals surface area contributed by atoms with E-state index in [1.54, 1.807) is 6.07 Å². The third kappa shape index (κ3) is 4.32. The SMILES string of the molecule is CCC(C)N(C)CCNc1cc(Cl)nc(C2CC2)n1. The van der Waals surface area contributed by atoms with Gasteiger partial charge in [0.25, 0.3) is 0 Å². The van der Waals surface area contributed by atoms with Crippen LogP contribution in [-0.4, -0.2) is 41.0 Å². The quantitative estimate of drug-likeness (QED) is 0.780. The molecule has 0 saturated heterocycles. The van der Waals surface area contributed by atoms with E-state index in [9.17, 15) is 0 Å². The summed E-state index contributed by atoms with van der Waals surface area (Å²) < 4.78 is 0. The highest BCUT2D eigenvalue weighted by atomic mass is 35.5. The topological polar surface area (TPSA) is 41.0 Å². The van der Waals surface area contributed by atoms with E-state index in [2.05, 4.69) is 41.1 Å². The predicted octanol–water partition coefficient (Wildman–Crippen LogP) is 3.15. The van der Waals surface area contributed by atoms with Crippen molar-refractivity contribution in [2.45, 2.75) is 45.1 Å². The minimum atomic E-state index is 0.530. The van der Waals surface area contributed by atoms with Crippen molar-refractivity contribution in [1.29, 1.82) is 0 Å². The number of anilines is 1. The van der Waals surface area contributed by atoms with Crippen LogP contribution in [0.25, 0.3) is 0 Å². The lowest BCUT2D eigenvalue weighted by Gasteiger charge is -2.23. The van der Waals surface area contributed by atoms with E-state index in [0.29, 0.717) is 17.1 Å². The molecule has 0 amide bonds. The molecule has 1 N–H and O–H groups in total. The summed E-state index contributed by atoms with van der Waals surface area (Å²) in [7, 11) is 2.15. The van der Waals surface area contributed by atoms with Crippen molar-refractivity contribution in [3.05, 3.63) is 17.0 Å². The Morgan fingerprint density at radius 3 is 2.84 bits per heavy atom. The van der Waals surface area contributed by atoms with Crippen LogP contribution >= 0.6 is 11.6 Å². The van der Waals surface area contributed by atoms with E-state index in [-0.39, 0.29) is 0 Å². The van der Waals surface area contributed by atoms with E-state index in [0.717, 1.165) is 24.7 Å². The molecular formula is C14H23ClN4. The number of rotatable bonds is 7. The second kappa shape index (κ2) is 6.53. The fraction of sp³-hybridized carbons (Fsp3) is 0.714. The Balaban J connectivity index is 1.85. The van der Waals surface area contributed by atoms with Crippen molar-refractivity contribution in [1.82, 2.24) is 14.9 Å². The number of aromatic nitrogens is 2. The average molecular weight is 283 g/mol. The van der Waals surface area contributed by atoms with E-state index < -0.39 is 0 Å². The van der Waals surface area contributed by atoms with Gasteiger partial charge in [-0.3, -0.25) is 0 Å². The second-order valence-electron chi connectivity index (χ2n) is 5.37.